The van der Waals surface area contributed by atoms with Gasteiger partial charge in [0.05, 0.1) is 18.2 Å². The molecule has 3 aromatic rings. The highest BCUT2D eigenvalue weighted by atomic mass is 35.5. The molecule has 1 amide bonds. The van der Waals surface area contributed by atoms with Gasteiger partial charge < -0.3 is 10.4 Å². The van der Waals surface area contributed by atoms with Crippen LogP contribution in [0, 0.1) is 5.82 Å². The predicted molar refractivity (Wildman–Crippen MR) is 100 cm³/mol. The van der Waals surface area contributed by atoms with Crippen molar-refractivity contribution in [1.29, 1.82) is 0 Å². The van der Waals surface area contributed by atoms with Crippen LogP contribution in [0.5, 0.6) is 0 Å². The lowest BCUT2D eigenvalue weighted by atomic mass is 10.0. The summed E-state index contributed by atoms with van der Waals surface area (Å²) in [7, 11) is 0. The molecule has 1 atom stereocenters. The van der Waals surface area contributed by atoms with Crippen molar-refractivity contribution < 1.29 is 19.1 Å². The number of H-pyrrole nitrogens is 1. The average Bonchev–Trinajstić information content (AvgIpc) is 3.04. The molecule has 0 spiro atoms. The summed E-state index contributed by atoms with van der Waals surface area (Å²) in [4.78, 5) is 35.9. The molecule has 1 aromatic heterocycles. The zero-order valence-corrected chi connectivity index (χ0v) is 15.1. The van der Waals surface area contributed by atoms with Crippen LogP contribution in [0.4, 0.5) is 4.39 Å². The van der Waals surface area contributed by atoms with Gasteiger partial charge in [-0.1, -0.05) is 29.8 Å². The minimum Gasteiger partial charge on any atom is -0.481 e. The normalized spacial score (nSPS) is 11.8. The van der Waals surface area contributed by atoms with Crippen molar-refractivity contribution in [3.63, 3.8) is 0 Å². The van der Waals surface area contributed by atoms with Crippen LogP contribution >= 0.6 is 11.6 Å². The molecule has 0 saturated carbocycles. The summed E-state index contributed by atoms with van der Waals surface area (Å²) in [6.45, 7) is 0. The Hall–Kier alpha value is -3.39. The van der Waals surface area contributed by atoms with Crippen LogP contribution in [0.1, 0.15) is 28.5 Å². The highest BCUT2D eigenvalue weighted by molar-refractivity contribution is 6.31. The van der Waals surface area contributed by atoms with Gasteiger partial charge in [-0.15, -0.1) is 0 Å². The number of hydrogen-bond donors (Lipinski definition) is 3. The Labute approximate surface area is 163 Å². The number of carbonyl (C=O) groups is 2. The lowest BCUT2D eigenvalue weighted by Gasteiger charge is -2.18. The number of nitrogens with one attached hydrogen (secondary N) is 2. The Balaban J connectivity index is 1.87. The van der Waals surface area contributed by atoms with Gasteiger partial charge in [-0.2, -0.15) is 0 Å². The molecule has 144 valence electrons. The summed E-state index contributed by atoms with van der Waals surface area (Å²) < 4.78 is 14.1. The maximum atomic E-state index is 13.1. The molecule has 1 heterocycles. The fraction of sp³-hybridized carbons (Fsp3) is 0.105. The summed E-state index contributed by atoms with van der Waals surface area (Å²) in [6.07, 6.45) is -0.390. The van der Waals surface area contributed by atoms with E-state index in [4.69, 9.17) is 16.7 Å². The number of hydrogen-bond acceptors (Lipinski definition) is 3. The first-order valence-electron chi connectivity index (χ1n) is 8.20. The Kier molecular flexibility index (Phi) is 5.60. The first kappa shape index (κ1) is 19.4. The molecule has 7 nitrogen and oxygen atoms in total. The number of rotatable bonds is 6. The van der Waals surface area contributed by atoms with E-state index < -0.39 is 35.7 Å². The number of carboxylic acids is 1. The molecule has 9 heteroatoms. The minimum absolute atomic E-state index is 0.0724. The highest BCUT2D eigenvalue weighted by Crippen LogP contribution is 2.25. The van der Waals surface area contributed by atoms with Crippen molar-refractivity contribution in [1.82, 2.24) is 15.1 Å². The fourth-order valence-corrected chi connectivity index (χ4v) is 2.97. The molecule has 28 heavy (non-hydrogen) atoms. The van der Waals surface area contributed by atoms with E-state index in [9.17, 15) is 18.8 Å². The van der Waals surface area contributed by atoms with E-state index in [1.54, 1.807) is 24.3 Å². The van der Waals surface area contributed by atoms with E-state index in [0.29, 0.717) is 16.3 Å². The summed E-state index contributed by atoms with van der Waals surface area (Å²) in [5.41, 5.74) is 0.194. The van der Waals surface area contributed by atoms with Crippen LogP contribution in [0.25, 0.3) is 5.69 Å². The molecule has 0 bridgehead atoms. The van der Waals surface area contributed by atoms with E-state index in [2.05, 4.69) is 10.4 Å². The third-order valence-electron chi connectivity index (χ3n) is 4.01. The highest BCUT2D eigenvalue weighted by Gasteiger charge is 2.22. The quantitative estimate of drug-likeness (QED) is 0.588. The van der Waals surface area contributed by atoms with Crippen LogP contribution in [0.3, 0.4) is 0 Å². The van der Waals surface area contributed by atoms with Crippen molar-refractivity contribution in [3.05, 3.63) is 87.0 Å². The van der Waals surface area contributed by atoms with Gasteiger partial charge in [0, 0.05) is 11.1 Å². The van der Waals surface area contributed by atoms with Gasteiger partial charge in [-0.05, 0) is 35.9 Å². The third-order valence-corrected chi connectivity index (χ3v) is 4.36. The topological polar surface area (TPSA) is 104 Å². The molecular weight excluding hydrogens is 389 g/mol. The van der Waals surface area contributed by atoms with Gasteiger partial charge >= 0.3 is 5.97 Å². The number of nitrogens with zero attached hydrogens (tertiary/aromatic N) is 1. The first-order chi connectivity index (χ1) is 13.3. The number of aromatic amines is 1. The Bertz CT molecular complexity index is 1080. The molecule has 3 N–H and O–H groups in total. The van der Waals surface area contributed by atoms with Crippen LogP contribution in [-0.2, 0) is 4.79 Å². The summed E-state index contributed by atoms with van der Waals surface area (Å²) >= 11 is 6.12. The van der Waals surface area contributed by atoms with Gasteiger partial charge in [-0.25, -0.2) is 9.07 Å². The van der Waals surface area contributed by atoms with E-state index in [1.807, 2.05) is 0 Å². The lowest BCUT2D eigenvalue weighted by molar-refractivity contribution is -0.137. The number of amides is 1. The number of benzene rings is 2. The Morgan fingerprint density at radius 2 is 1.86 bits per heavy atom. The van der Waals surface area contributed by atoms with Crippen LogP contribution in [-0.4, -0.2) is 26.8 Å². The second kappa shape index (κ2) is 8.10. The molecule has 0 aliphatic carbocycles. The van der Waals surface area contributed by atoms with Crippen LogP contribution in [0.2, 0.25) is 5.02 Å². The smallest absolute Gasteiger partial charge is 0.305 e. The van der Waals surface area contributed by atoms with E-state index >= 15 is 0 Å². The number of carbonyl (C=O) groups excluding carboxylic acids is 1. The SMILES string of the molecule is O=C(O)C[C@H](NC(=O)c1cc(=O)n(-c2ccc(F)cc2)[nH]1)c1ccccc1Cl. The Morgan fingerprint density at radius 3 is 2.50 bits per heavy atom. The third kappa shape index (κ3) is 4.29. The number of aliphatic carboxylic acids is 1. The first-order valence-corrected chi connectivity index (χ1v) is 8.58. The van der Waals surface area contributed by atoms with Crippen LogP contribution < -0.4 is 10.9 Å². The number of halogens is 2. The summed E-state index contributed by atoms with van der Waals surface area (Å²) in [6, 6.07) is 11.9. The maximum Gasteiger partial charge on any atom is 0.305 e. The summed E-state index contributed by atoms with van der Waals surface area (Å²) in [5.74, 6) is -2.26. The Morgan fingerprint density at radius 1 is 1.18 bits per heavy atom. The molecule has 0 fully saturated rings. The van der Waals surface area contributed by atoms with Crippen molar-refractivity contribution in [2.24, 2.45) is 0 Å². The van der Waals surface area contributed by atoms with Crippen molar-refractivity contribution in [2.75, 3.05) is 0 Å². The van der Waals surface area contributed by atoms with Crippen molar-refractivity contribution in [2.45, 2.75) is 12.5 Å². The molecule has 0 radical (unpaired) electrons. The van der Waals surface area contributed by atoms with Gasteiger partial charge in [0.1, 0.15) is 11.5 Å². The van der Waals surface area contributed by atoms with Crippen molar-refractivity contribution >= 4 is 23.5 Å². The second-order valence-electron chi connectivity index (χ2n) is 5.97. The molecular formula is C19H15ClFN3O4. The molecule has 0 aliphatic rings. The fourth-order valence-electron chi connectivity index (χ4n) is 2.70. The predicted octanol–water partition coefficient (Wildman–Crippen LogP) is 2.90. The van der Waals surface area contributed by atoms with Gasteiger partial charge in [0.25, 0.3) is 11.5 Å². The minimum atomic E-state index is -1.12. The second-order valence-corrected chi connectivity index (χ2v) is 6.37. The molecule has 0 saturated heterocycles. The van der Waals surface area contributed by atoms with E-state index in [-0.39, 0.29) is 5.69 Å². The average molecular weight is 404 g/mol. The van der Waals surface area contributed by atoms with Gasteiger partial charge in [-0.3, -0.25) is 19.5 Å². The van der Waals surface area contributed by atoms with Gasteiger partial charge in [0.2, 0.25) is 0 Å². The van der Waals surface area contributed by atoms with Crippen LogP contribution in [0.15, 0.2) is 59.4 Å². The standard InChI is InChI=1S/C19H15ClFN3O4/c20-14-4-2-1-3-13(14)15(10-18(26)27)22-19(28)16-9-17(25)24(23-16)12-7-5-11(21)6-8-12/h1-9,15,23H,10H2,(H,22,28)(H,26,27)/t15-/m0/s1. The summed E-state index contributed by atoms with van der Waals surface area (Å²) in [5, 5.41) is 14.7. The monoisotopic (exact) mass is 403 g/mol. The van der Waals surface area contributed by atoms with Gasteiger partial charge in [0.15, 0.2) is 0 Å². The van der Waals surface area contributed by atoms with E-state index in [1.165, 1.54) is 24.3 Å². The van der Waals surface area contributed by atoms with E-state index in [0.717, 1.165) is 10.7 Å². The molecule has 3 rings (SSSR count). The largest absolute Gasteiger partial charge is 0.481 e. The number of carboxylic acid groups (broad SMARTS) is 1. The molecule has 2 aromatic carbocycles. The lowest BCUT2D eigenvalue weighted by Crippen LogP contribution is -2.30. The maximum absolute atomic E-state index is 13.1. The zero-order valence-electron chi connectivity index (χ0n) is 14.4. The molecule has 0 unspecified atom stereocenters. The molecule has 0 aliphatic heterocycles. The zero-order chi connectivity index (χ0) is 20.3. The van der Waals surface area contributed by atoms with Crippen molar-refractivity contribution in [3.8, 4) is 5.69 Å². The number of aromatic nitrogens is 2.